The molecule has 5 heteroatoms. The van der Waals surface area contributed by atoms with Crippen LogP contribution in [0.3, 0.4) is 0 Å². The average Bonchev–Trinajstić information content (AvgIpc) is 2.81. The topological polar surface area (TPSA) is 52.0 Å². The second-order valence-electron chi connectivity index (χ2n) is 5.94. The van der Waals surface area contributed by atoms with Gasteiger partial charge in [0.05, 0.1) is 28.9 Å². The van der Waals surface area contributed by atoms with Gasteiger partial charge in [0, 0.05) is 6.04 Å². The van der Waals surface area contributed by atoms with Gasteiger partial charge in [0.1, 0.15) is 9.84 Å². The fourth-order valence-corrected chi connectivity index (χ4v) is 4.32. The summed E-state index contributed by atoms with van der Waals surface area (Å²) in [6, 6.07) is 6.62. The highest BCUT2D eigenvalue weighted by atomic mass is 32.2. The lowest BCUT2D eigenvalue weighted by Crippen LogP contribution is -2.25. The van der Waals surface area contributed by atoms with Crippen LogP contribution in [0.25, 0.3) is 11.0 Å². The smallest absolute Gasteiger partial charge is 0.150 e. The fraction of sp³-hybridized carbons (Fsp3) is 0.533. The van der Waals surface area contributed by atoms with Crippen molar-refractivity contribution in [2.75, 3.05) is 11.5 Å². The minimum absolute atomic E-state index is 0.255. The maximum absolute atomic E-state index is 11.5. The van der Waals surface area contributed by atoms with Crippen molar-refractivity contribution in [3.8, 4) is 0 Å². The number of benzene rings is 1. The number of fused-ring (bicyclic) bond motifs is 1. The van der Waals surface area contributed by atoms with Crippen LogP contribution in [0, 0.1) is 0 Å². The zero-order valence-electron chi connectivity index (χ0n) is 11.9. The van der Waals surface area contributed by atoms with Gasteiger partial charge < -0.3 is 4.57 Å². The zero-order chi connectivity index (χ0) is 14.3. The Morgan fingerprint density at radius 2 is 1.95 bits per heavy atom. The van der Waals surface area contributed by atoms with Gasteiger partial charge in [0.15, 0.2) is 0 Å². The molecule has 108 valence electrons. The number of hydrogen-bond acceptors (Lipinski definition) is 3. The molecule has 0 atom stereocenters. The molecule has 0 unspecified atom stereocenters. The molecule has 4 nitrogen and oxygen atoms in total. The number of imidazole rings is 1. The highest BCUT2D eigenvalue weighted by Gasteiger charge is 2.25. The largest absolute Gasteiger partial charge is 0.327 e. The number of nitrogens with zero attached hydrogens (tertiary/aromatic N) is 2. The molecule has 0 radical (unpaired) electrons. The van der Waals surface area contributed by atoms with Crippen molar-refractivity contribution in [1.29, 1.82) is 0 Å². The molecular weight excluding hydrogens is 272 g/mol. The van der Waals surface area contributed by atoms with Gasteiger partial charge in [-0.1, -0.05) is 19.9 Å². The monoisotopic (exact) mass is 292 g/mol. The van der Waals surface area contributed by atoms with Crippen LogP contribution in [0.1, 0.15) is 44.2 Å². The molecule has 1 fully saturated rings. The van der Waals surface area contributed by atoms with E-state index in [2.05, 4.69) is 41.6 Å². The molecule has 1 saturated heterocycles. The van der Waals surface area contributed by atoms with Crippen LogP contribution < -0.4 is 0 Å². The molecule has 2 aromatic rings. The van der Waals surface area contributed by atoms with Gasteiger partial charge in [-0.3, -0.25) is 0 Å². The Morgan fingerprint density at radius 3 is 2.60 bits per heavy atom. The van der Waals surface area contributed by atoms with Crippen molar-refractivity contribution in [2.45, 2.75) is 38.6 Å². The lowest BCUT2D eigenvalue weighted by Gasteiger charge is -2.24. The van der Waals surface area contributed by atoms with Gasteiger partial charge in [0.2, 0.25) is 0 Å². The molecule has 1 aromatic heterocycles. The summed E-state index contributed by atoms with van der Waals surface area (Å²) in [7, 11) is -2.82. The Morgan fingerprint density at radius 1 is 1.25 bits per heavy atom. The van der Waals surface area contributed by atoms with E-state index in [1.165, 1.54) is 5.56 Å². The fourth-order valence-electron chi connectivity index (χ4n) is 2.85. The quantitative estimate of drug-likeness (QED) is 0.855. The van der Waals surface area contributed by atoms with E-state index in [4.69, 9.17) is 0 Å². The first-order valence-electron chi connectivity index (χ1n) is 7.13. The second kappa shape index (κ2) is 4.88. The first-order valence-corrected chi connectivity index (χ1v) is 8.95. The summed E-state index contributed by atoms with van der Waals surface area (Å²) in [4.78, 5) is 4.44. The van der Waals surface area contributed by atoms with Crippen molar-refractivity contribution in [2.24, 2.45) is 0 Å². The lowest BCUT2D eigenvalue weighted by molar-refractivity contribution is 0.459. The summed E-state index contributed by atoms with van der Waals surface area (Å²) in [6.45, 7) is 4.35. The van der Waals surface area contributed by atoms with Crippen molar-refractivity contribution < 1.29 is 8.42 Å². The summed E-state index contributed by atoms with van der Waals surface area (Å²) < 4.78 is 25.3. The Kier molecular flexibility index (Phi) is 3.32. The van der Waals surface area contributed by atoms with Gasteiger partial charge >= 0.3 is 0 Å². The molecule has 2 heterocycles. The normalized spacial score (nSPS) is 19.8. The summed E-state index contributed by atoms with van der Waals surface area (Å²) in [5, 5.41) is 0. The van der Waals surface area contributed by atoms with Crippen LogP contribution in [0.15, 0.2) is 24.5 Å². The number of rotatable bonds is 2. The standard InChI is InChI=1S/C15H20N2O2S/c1-11(2)12-3-4-14-15(9-12)17(10-16-14)13-5-7-20(18,19)8-6-13/h3-4,9-11,13H,5-8H2,1-2H3. The molecule has 0 saturated carbocycles. The Balaban J connectivity index is 1.97. The van der Waals surface area contributed by atoms with Gasteiger partial charge in [-0.05, 0) is 36.5 Å². The van der Waals surface area contributed by atoms with Crippen LogP contribution in [0.5, 0.6) is 0 Å². The molecule has 0 bridgehead atoms. The van der Waals surface area contributed by atoms with Crippen molar-refractivity contribution in [3.05, 3.63) is 30.1 Å². The van der Waals surface area contributed by atoms with Gasteiger partial charge in [0.25, 0.3) is 0 Å². The van der Waals surface area contributed by atoms with E-state index in [1.54, 1.807) is 0 Å². The molecule has 1 aliphatic rings. The van der Waals surface area contributed by atoms with E-state index < -0.39 is 9.84 Å². The van der Waals surface area contributed by atoms with E-state index in [-0.39, 0.29) is 6.04 Å². The van der Waals surface area contributed by atoms with Gasteiger partial charge in [-0.15, -0.1) is 0 Å². The Hall–Kier alpha value is -1.36. The molecular formula is C15H20N2O2S. The van der Waals surface area contributed by atoms with Crippen LogP contribution in [-0.2, 0) is 9.84 Å². The summed E-state index contributed by atoms with van der Waals surface area (Å²) >= 11 is 0. The van der Waals surface area contributed by atoms with Crippen LogP contribution in [-0.4, -0.2) is 29.5 Å². The van der Waals surface area contributed by atoms with E-state index in [0.717, 1.165) is 11.0 Å². The number of hydrogen-bond donors (Lipinski definition) is 0. The Labute approximate surface area is 119 Å². The average molecular weight is 292 g/mol. The van der Waals surface area contributed by atoms with Crippen molar-refractivity contribution in [1.82, 2.24) is 9.55 Å². The van der Waals surface area contributed by atoms with Gasteiger partial charge in [-0.2, -0.15) is 0 Å². The summed E-state index contributed by atoms with van der Waals surface area (Å²) in [5.74, 6) is 1.07. The molecule has 3 rings (SSSR count). The SMILES string of the molecule is CC(C)c1ccc2ncn(C3CCS(=O)(=O)CC3)c2c1. The third-order valence-corrected chi connectivity index (χ3v) is 5.90. The lowest BCUT2D eigenvalue weighted by atomic mass is 10.0. The maximum atomic E-state index is 11.5. The maximum Gasteiger partial charge on any atom is 0.150 e. The molecule has 0 N–H and O–H groups in total. The summed E-state index contributed by atoms with van der Waals surface area (Å²) in [5.41, 5.74) is 3.41. The van der Waals surface area contributed by atoms with Crippen LogP contribution in [0.4, 0.5) is 0 Å². The van der Waals surface area contributed by atoms with Gasteiger partial charge in [-0.25, -0.2) is 13.4 Å². The highest BCUT2D eigenvalue weighted by Crippen LogP contribution is 2.29. The molecule has 0 aliphatic carbocycles. The first-order chi connectivity index (χ1) is 9.46. The first kappa shape index (κ1) is 13.6. The Bertz CT molecular complexity index is 717. The predicted octanol–water partition coefficient (Wildman–Crippen LogP) is 2.91. The number of sulfone groups is 1. The predicted molar refractivity (Wildman–Crippen MR) is 80.7 cm³/mol. The van der Waals surface area contributed by atoms with E-state index in [1.807, 2.05) is 6.33 Å². The molecule has 0 amide bonds. The molecule has 1 aromatic carbocycles. The molecule has 20 heavy (non-hydrogen) atoms. The van der Waals surface area contributed by atoms with Crippen molar-refractivity contribution in [3.63, 3.8) is 0 Å². The van der Waals surface area contributed by atoms with Crippen molar-refractivity contribution >= 4 is 20.9 Å². The minimum Gasteiger partial charge on any atom is -0.327 e. The summed E-state index contributed by atoms with van der Waals surface area (Å²) in [6.07, 6.45) is 3.25. The third kappa shape index (κ3) is 2.46. The highest BCUT2D eigenvalue weighted by molar-refractivity contribution is 7.91. The minimum atomic E-state index is -2.82. The van der Waals surface area contributed by atoms with Crippen LogP contribution in [0.2, 0.25) is 0 Å². The third-order valence-electron chi connectivity index (χ3n) is 4.18. The molecule has 0 spiro atoms. The van der Waals surface area contributed by atoms with E-state index >= 15 is 0 Å². The second-order valence-corrected chi connectivity index (χ2v) is 8.24. The van der Waals surface area contributed by atoms with Crippen LogP contribution >= 0.6 is 0 Å². The number of aromatic nitrogens is 2. The molecule has 1 aliphatic heterocycles. The van der Waals surface area contributed by atoms with E-state index in [0.29, 0.717) is 30.3 Å². The van der Waals surface area contributed by atoms with E-state index in [9.17, 15) is 8.42 Å². The zero-order valence-corrected chi connectivity index (χ0v) is 12.7.